The summed E-state index contributed by atoms with van der Waals surface area (Å²) in [6.07, 6.45) is 2.05. The SMILES string of the molecule is CCC(C)(C)CC(C(=O)NCC(C)(C)C)C(C)(C)C. The smallest absolute Gasteiger partial charge is 0.223 e. The van der Waals surface area contributed by atoms with Gasteiger partial charge in [-0.25, -0.2) is 0 Å². The minimum atomic E-state index is 0.00834. The van der Waals surface area contributed by atoms with Crippen LogP contribution < -0.4 is 5.32 Å². The molecule has 1 unspecified atom stereocenters. The van der Waals surface area contributed by atoms with Crippen molar-refractivity contribution in [2.75, 3.05) is 6.54 Å². The van der Waals surface area contributed by atoms with E-state index in [1.54, 1.807) is 0 Å². The van der Waals surface area contributed by atoms with Crippen LogP contribution in [0.15, 0.2) is 0 Å². The molecule has 19 heavy (non-hydrogen) atoms. The molecular weight excluding hydrogens is 234 g/mol. The van der Waals surface area contributed by atoms with E-state index in [1.807, 2.05) is 0 Å². The third-order valence-electron chi connectivity index (χ3n) is 3.87. The standard InChI is InChI=1S/C17H35NO/c1-10-17(8,9)11-13(16(5,6)7)14(19)18-12-15(2,3)4/h13H,10-12H2,1-9H3,(H,18,19). The highest BCUT2D eigenvalue weighted by atomic mass is 16.1. The molecule has 0 aromatic rings. The number of carbonyl (C=O) groups is 1. The fraction of sp³-hybridized carbons (Fsp3) is 0.941. The lowest BCUT2D eigenvalue weighted by atomic mass is 9.70. The molecule has 0 saturated carbocycles. The van der Waals surface area contributed by atoms with Crippen LogP contribution >= 0.6 is 0 Å². The highest BCUT2D eigenvalue weighted by Crippen LogP contribution is 2.38. The predicted octanol–water partition coefficient (Wildman–Crippen LogP) is 4.64. The minimum absolute atomic E-state index is 0.00834. The number of carbonyl (C=O) groups excluding carboxylic acids is 1. The topological polar surface area (TPSA) is 29.1 Å². The third kappa shape index (κ3) is 7.59. The maximum Gasteiger partial charge on any atom is 0.223 e. The van der Waals surface area contributed by atoms with Crippen LogP contribution in [0.3, 0.4) is 0 Å². The molecule has 0 aliphatic carbocycles. The molecule has 0 aliphatic heterocycles. The Morgan fingerprint density at radius 3 is 1.79 bits per heavy atom. The summed E-state index contributed by atoms with van der Waals surface area (Å²) in [7, 11) is 0. The normalized spacial score (nSPS) is 15.2. The average molecular weight is 269 g/mol. The lowest BCUT2D eigenvalue weighted by Gasteiger charge is -2.36. The molecule has 114 valence electrons. The summed E-state index contributed by atoms with van der Waals surface area (Å²) in [5, 5.41) is 3.14. The van der Waals surface area contributed by atoms with Crippen LogP contribution in [0.1, 0.15) is 75.2 Å². The first kappa shape index (κ1) is 18.5. The van der Waals surface area contributed by atoms with Crippen molar-refractivity contribution in [1.29, 1.82) is 0 Å². The molecule has 0 bridgehead atoms. The number of rotatable bonds is 5. The number of nitrogens with one attached hydrogen (secondary N) is 1. The Bertz CT molecular complexity index is 291. The molecular formula is C17H35NO. The van der Waals surface area contributed by atoms with Crippen LogP contribution in [0.2, 0.25) is 0 Å². The van der Waals surface area contributed by atoms with Crippen molar-refractivity contribution in [1.82, 2.24) is 5.32 Å². The van der Waals surface area contributed by atoms with E-state index < -0.39 is 0 Å². The van der Waals surface area contributed by atoms with E-state index in [1.165, 1.54) is 0 Å². The second-order valence-corrected chi connectivity index (χ2v) is 8.92. The molecule has 0 aromatic heterocycles. The fourth-order valence-corrected chi connectivity index (χ4v) is 1.96. The number of amides is 1. The van der Waals surface area contributed by atoms with Gasteiger partial charge in [0.05, 0.1) is 0 Å². The van der Waals surface area contributed by atoms with Gasteiger partial charge in [-0.3, -0.25) is 4.79 Å². The lowest BCUT2D eigenvalue weighted by Crippen LogP contribution is -2.43. The van der Waals surface area contributed by atoms with Crippen LogP contribution in [0, 0.1) is 22.2 Å². The van der Waals surface area contributed by atoms with Crippen molar-refractivity contribution in [2.24, 2.45) is 22.2 Å². The van der Waals surface area contributed by atoms with E-state index in [2.05, 4.69) is 67.6 Å². The molecule has 0 spiro atoms. The molecule has 1 N–H and O–H groups in total. The first-order valence-electron chi connectivity index (χ1n) is 7.56. The number of hydrogen-bond donors (Lipinski definition) is 1. The van der Waals surface area contributed by atoms with E-state index in [-0.39, 0.29) is 28.1 Å². The van der Waals surface area contributed by atoms with Gasteiger partial charge in [-0.15, -0.1) is 0 Å². The van der Waals surface area contributed by atoms with Gasteiger partial charge < -0.3 is 5.32 Å². The summed E-state index contributed by atoms with van der Waals surface area (Å²) in [6, 6.07) is 0. The van der Waals surface area contributed by atoms with Gasteiger partial charge in [-0.2, -0.15) is 0 Å². The Morgan fingerprint density at radius 1 is 1.00 bits per heavy atom. The molecule has 0 fully saturated rings. The van der Waals surface area contributed by atoms with Gasteiger partial charge in [0.15, 0.2) is 0 Å². The summed E-state index contributed by atoms with van der Waals surface area (Å²) in [6.45, 7) is 20.4. The Balaban J connectivity index is 4.83. The van der Waals surface area contributed by atoms with Crippen molar-refractivity contribution in [3.8, 4) is 0 Å². The van der Waals surface area contributed by atoms with Gasteiger partial charge in [0.25, 0.3) is 0 Å². The molecule has 0 heterocycles. The van der Waals surface area contributed by atoms with Crippen molar-refractivity contribution < 1.29 is 4.79 Å². The van der Waals surface area contributed by atoms with E-state index in [9.17, 15) is 4.79 Å². The van der Waals surface area contributed by atoms with Crippen LogP contribution in [0.5, 0.6) is 0 Å². The van der Waals surface area contributed by atoms with Crippen LogP contribution in [0.25, 0.3) is 0 Å². The van der Waals surface area contributed by atoms with Gasteiger partial charge in [0, 0.05) is 12.5 Å². The van der Waals surface area contributed by atoms with Crippen LogP contribution in [-0.2, 0) is 4.79 Å². The van der Waals surface area contributed by atoms with Gasteiger partial charge in [-0.05, 0) is 22.7 Å². The Kier molecular flexibility index (Phi) is 6.10. The van der Waals surface area contributed by atoms with Crippen molar-refractivity contribution in [2.45, 2.75) is 75.2 Å². The largest absolute Gasteiger partial charge is 0.355 e. The first-order valence-corrected chi connectivity index (χ1v) is 7.56. The highest BCUT2D eigenvalue weighted by molar-refractivity contribution is 5.79. The van der Waals surface area contributed by atoms with E-state index >= 15 is 0 Å². The molecule has 0 saturated heterocycles. The Hall–Kier alpha value is -0.530. The molecule has 0 aromatic carbocycles. The Labute approximate surface area is 120 Å². The zero-order valence-corrected chi connectivity index (χ0v) is 14.6. The van der Waals surface area contributed by atoms with Crippen LogP contribution in [-0.4, -0.2) is 12.5 Å². The summed E-state index contributed by atoms with van der Waals surface area (Å²) in [5.41, 5.74) is 0.365. The molecule has 2 nitrogen and oxygen atoms in total. The van der Waals surface area contributed by atoms with Gasteiger partial charge in [0.1, 0.15) is 0 Å². The van der Waals surface area contributed by atoms with E-state index in [4.69, 9.17) is 0 Å². The quantitative estimate of drug-likeness (QED) is 0.774. The lowest BCUT2D eigenvalue weighted by molar-refractivity contribution is -0.130. The molecule has 0 radical (unpaired) electrons. The van der Waals surface area contributed by atoms with E-state index in [0.717, 1.165) is 19.4 Å². The zero-order valence-electron chi connectivity index (χ0n) is 14.6. The zero-order chi connectivity index (χ0) is 15.5. The maximum absolute atomic E-state index is 12.5. The monoisotopic (exact) mass is 269 g/mol. The van der Waals surface area contributed by atoms with Crippen molar-refractivity contribution in [3.63, 3.8) is 0 Å². The predicted molar refractivity (Wildman–Crippen MR) is 84.1 cm³/mol. The third-order valence-corrected chi connectivity index (χ3v) is 3.87. The second kappa shape index (κ2) is 6.28. The van der Waals surface area contributed by atoms with Crippen LogP contribution in [0.4, 0.5) is 0 Å². The summed E-state index contributed by atoms with van der Waals surface area (Å²) in [5.74, 6) is 0.286. The molecule has 1 amide bonds. The van der Waals surface area contributed by atoms with Gasteiger partial charge in [-0.1, -0.05) is 68.7 Å². The fourth-order valence-electron chi connectivity index (χ4n) is 1.96. The molecule has 2 heteroatoms. The summed E-state index contributed by atoms with van der Waals surface area (Å²) < 4.78 is 0. The highest BCUT2D eigenvalue weighted by Gasteiger charge is 2.35. The second-order valence-electron chi connectivity index (χ2n) is 8.92. The van der Waals surface area contributed by atoms with Crippen molar-refractivity contribution >= 4 is 5.91 Å². The number of hydrogen-bond acceptors (Lipinski definition) is 1. The summed E-state index contributed by atoms with van der Waals surface area (Å²) in [4.78, 5) is 12.5. The average Bonchev–Trinajstić information content (AvgIpc) is 2.20. The Morgan fingerprint density at radius 2 is 1.47 bits per heavy atom. The molecule has 0 aliphatic rings. The van der Waals surface area contributed by atoms with Gasteiger partial charge >= 0.3 is 0 Å². The molecule has 1 atom stereocenters. The minimum Gasteiger partial charge on any atom is -0.355 e. The van der Waals surface area contributed by atoms with Gasteiger partial charge in [0.2, 0.25) is 5.91 Å². The molecule has 0 rings (SSSR count). The first-order chi connectivity index (χ1) is 8.28. The summed E-state index contributed by atoms with van der Waals surface area (Å²) >= 11 is 0. The van der Waals surface area contributed by atoms with Crippen molar-refractivity contribution in [3.05, 3.63) is 0 Å². The maximum atomic E-state index is 12.5. The van der Waals surface area contributed by atoms with E-state index in [0.29, 0.717) is 0 Å².